The van der Waals surface area contributed by atoms with Crippen molar-refractivity contribution in [3.63, 3.8) is 0 Å². The Kier molecular flexibility index (Phi) is 3.74. The summed E-state index contributed by atoms with van der Waals surface area (Å²) in [6.07, 6.45) is 0.179. The Morgan fingerprint density at radius 1 is 1.16 bits per heavy atom. The molecule has 1 amide bonds. The van der Waals surface area contributed by atoms with Crippen LogP contribution in [0.1, 0.15) is 5.56 Å². The molecule has 6 nitrogen and oxygen atoms in total. The van der Waals surface area contributed by atoms with Crippen molar-refractivity contribution in [2.45, 2.75) is 6.42 Å². The van der Waals surface area contributed by atoms with Gasteiger partial charge in [-0.2, -0.15) is 0 Å². The van der Waals surface area contributed by atoms with Gasteiger partial charge in [0, 0.05) is 11.1 Å². The monoisotopic (exact) mass is 352 g/mol. The number of H-pyrrole nitrogens is 1. The van der Waals surface area contributed by atoms with Gasteiger partial charge in [0.15, 0.2) is 0 Å². The number of carbonyl (C=O) groups excluding carboxylic acids is 1. The summed E-state index contributed by atoms with van der Waals surface area (Å²) in [6, 6.07) is 15.9. The molecule has 0 unspecified atom stereocenters. The molecule has 0 radical (unpaired) electrons. The van der Waals surface area contributed by atoms with E-state index in [2.05, 4.69) is 15.3 Å². The second-order valence-electron chi connectivity index (χ2n) is 5.63. The molecule has 2 heterocycles. The maximum Gasteiger partial charge on any atom is 0.254 e. The van der Waals surface area contributed by atoms with Gasteiger partial charge in [0.2, 0.25) is 11.7 Å². The highest BCUT2D eigenvalue weighted by molar-refractivity contribution is 6.30. The lowest BCUT2D eigenvalue weighted by Gasteiger charge is -2.08. The van der Waals surface area contributed by atoms with Crippen LogP contribution in [0.25, 0.3) is 16.8 Å². The summed E-state index contributed by atoms with van der Waals surface area (Å²) < 4.78 is 1.72. The summed E-state index contributed by atoms with van der Waals surface area (Å²) in [6.45, 7) is 0. The van der Waals surface area contributed by atoms with Crippen molar-refractivity contribution in [1.29, 1.82) is 0 Å². The van der Waals surface area contributed by atoms with E-state index in [1.165, 1.54) is 6.07 Å². The summed E-state index contributed by atoms with van der Waals surface area (Å²) in [4.78, 5) is 31.3. The minimum Gasteiger partial charge on any atom is -0.311 e. The van der Waals surface area contributed by atoms with Crippen LogP contribution in [-0.4, -0.2) is 20.3 Å². The number of nitrogens with one attached hydrogen (secondary N) is 2. The number of fused-ring (bicyclic) bond motifs is 3. The number of hydrogen-bond donors (Lipinski definition) is 2. The molecule has 0 aliphatic rings. The fourth-order valence-corrected chi connectivity index (χ4v) is 2.88. The van der Waals surface area contributed by atoms with Crippen molar-refractivity contribution in [1.82, 2.24) is 14.4 Å². The van der Waals surface area contributed by atoms with Gasteiger partial charge in [0.05, 0.1) is 17.5 Å². The van der Waals surface area contributed by atoms with Crippen molar-refractivity contribution in [3.05, 3.63) is 75.5 Å². The van der Waals surface area contributed by atoms with Gasteiger partial charge in [-0.1, -0.05) is 35.9 Å². The first-order chi connectivity index (χ1) is 12.1. The van der Waals surface area contributed by atoms with E-state index in [0.29, 0.717) is 16.6 Å². The molecule has 2 N–H and O–H groups in total. The van der Waals surface area contributed by atoms with Crippen LogP contribution in [-0.2, 0) is 11.2 Å². The lowest BCUT2D eigenvalue weighted by Crippen LogP contribution is -2.19. The number of anilines is 1. The number of carbonyl (C=O) groups is 1. The van der Waals surface area contributed by atoms with E-state index in [1.54, 1.807) is 28.7 Å². The van der Waals surface area contributed by atoms with Crippen molar-refractivity contribution >= 4 is 40.1 Å². The summed E-state index contributed by atoms with van der Waals surface area (Å²) in [5, 5.41) is 3.41. The number of benzene rings is 2. The van der Waals surface area contributed by atoms with Gasteiger partial charge in [-0.25, -0.2) is 4.98 Å². The van der Waals surface area contributed by atoms with E-state index in [1.807, 2.05) is 24.3 Å². The number of amides is 1. The Labute approximate surface area is 147 Å². The zero-order chi connectivity index (χ0) is 17.4. The van der Waals surface area contributed by atoms with E-state index < -0.39 is 0 Å². The Hall–Kier alpha value is -3.12. The number of aromatic amines is 1. The van der Waals surface area contributed by atoms with Crippen molar-refractivity contribution < 1.29 is 4.79 Å². The van der Waals surface area contributed by atoms with Crippen molar-refractivity contribution in [2.75, 3.05) is 5.32 Å². The van der Waals surface area contributed by atoms with Crippen LogP contribution in [0, 0.1) is 0 Å². The third-order valence-electron chi connectivity index (χ3n) is 3.85. The highest BCUT2D eigenvalue weighted by Crippen LogP contribution is 2.19. The predicted molar refractivity (Wildman–Crippen MR) is 97.1 cm³/mol. The van der Waals surface area contributed by atoms with E-state index >= 15 is 0 Å². The van der Waals surface area contributed by atoms with E-state index in [0.717, 1.165) is 16.6 Å². The number of nitrogens with zero attached hydrogens (tertiary/aromatic N) is 2. The van der Waals surface area contributed by atoms with E-state index in [-0.39, 0.29) is 17.9 Å². The molecule has 0 bridgehead atoms. The lowest BCUT2D eigenvalue weighted by molar-refractivity contribution is -0.115. The van der Waals surface area contributed by atoms with Crippen LogP contribution >= 0.6 is 11.6 Å². The van der Waals surface area contributed by atoms with Gasteiger partial charge in [0.1, 0.15) is 5.82 Å². The van der Waals surface area contributed by atoms with Crippen LogP contribution in [0.5, 0.6) is 0 Å². The Morgan fingerprint density at radius 3 is 2.72 bits per heavy atom. The Morgan fingerprint density at radius 2 is 1.92 bits per heavy atom. The molecule has 25 heavy (non-hydrogen) atoms. The number of aromatic nitrogens is 3. The molecule has 4 aromatic rings. The molecule has 0 aliphatic carbocycles. The topological polar surface area (TPSA) is 79.3 Å². The summed E-state index contributed by atoms with van der Waals surface area (Å²) >= 11 is 5.85. The van der Waals surface area contributed by atoms with Crippen LogP contribution in [0.3, 0.4) is 0 Å². The molecular formula is C18H13ClN4O2. The molecule has 124 valence electrons. The minimum absolute atomic E-state index is 0.179. The highest BCUT2D eigenvalue weighted by atomic mass is 35.5. The normalized spacial score (nSPS) is 11.1. The molecule has 0 atom stereocenters. The number of rotatable bonds is 3. The fourth-order valence-electron chi connectivity index (χ4n) is 2.76. The second-order valence-corrected chi connectivity index (χ2v) is 6.07. The van der Waals surface area contributed by atoms with Crippen LogP contribution in [0.15, 0.2) is 59.4 Å². The first-order valence-electron chi connectivity index (χ1n) is 7.65. The van der Waals surface area contributed by atoms with E-state index in [9.17, 15) is 9.59 Å². The van der Waals surface area contributed by atoms with Gasteiger partial charge in [-0.05, 0) is 29.8 Å². The molecule has 0 spiro atoms. The number of hydrogen-bond acceptors (Lipinski definition) is 3. The van der Waals surface area contributed by atoms with Gasteiger partial charge in [0.25, 0.3) is 5.56 Å². The van der Waals surface area contributed by atoms with Crippen molar-refractivity contribution in [2.24, 2.45) is 0 Å². The zero-order valence-corrected chi connectivity index (χ0v) is 13.7. The number of halogens is 1. The average Bonchev–Trinajstić information content (AvgIpc) is 2.95. The standard InChI is InChI=1S/C18H13ClN4O2/c19-12-7-5-11(6-8-12)9-16(24)21-15-10-17(25)22-18-20-13-3-1-2-4-14(13)23(15)18/h1-8,10H,9H2,(H,21,24)(H,20,22,25). The fraction of sp³-hybridized carbons (Fsp3) is 0.0556. The molecule has 0 saturated heterocycles. The molecule has 4 rings (SSSR count). The maximum absolute atomic E-state index is 12.4. The molecule has 7 heteroatoms. The molecule has 2 aromatic heterocycles. The third kappa shape index (κ3) is 2.99. The Bertz CT molecular complexity index is 1150. The molecule has 0 fully saturated rings. The average molecular weight is 353 g/mol. The third-order valence-corrected chi connectivity index (χ3v) is 4.10. The van der Waals surface area contributed by atoms with Gasteiger partial charge < -0.3 is 5.32 Å². The zero-order valence-electron chi connectivity index (χ0n) is 13.0. The summed E-state index contributed by atoms with van der Waals surface area (Å²) in [5.74, 6) is 0.536. The second kappa shape index (κ2) is 6.07. The first kappa shape index (κ1) is 15.4. The first-order valence-corrected chi connectivity index (χ1v) is 8.03. The molecular weight excluding hydrogens is 340 g/mol. The van der Waals surface area contributed by atoms with Crippen LogP contribution in [0.2, 0.25) is 5.02 Å². The predicted octanol–water partition coefficient (Wildman–Crippen LogP) is 3.01. The lowest BCUT2D eigenvalue weighted by atomic mass is 10.1. The van der Waals surface area contributed by atoms with Crippen LogP contribution in [0.4, 0.5) is 5.82 Å². The summed E-state index contributed by atoms with van der Waals surface area (Å²) in [5.41, 5.74) is 2.04. The largest absolute Gasteiger partial charge is 0.311 e. The SMILES string of the molecule is O=C(Cc1ccc(Cl)cc1)Nc1cc(=O)[nH]c2nc3ccccc3n12. The highest BCUT2D eigenvalue weighted by Gasteiger charge is 2.12. The number of para-hydroxylation sites is 2. The molecule has 2 aromatic carbocycles. The molecule has 0 aliphatic heterocycles. The number of imidazole rings is 1. The van der Waals surface area contributed by atoms with Gasteiger partial charge >= 0.3 is 0 Å². The quantitative estimate of drug-likeness (QED) is 0.595. The summed E-state index contributed by atoms with van der Waals surface area (Å²) in [7, 11) is 0. The van der Waals surface area contributed by atoms with Gasteiger partial charge in [-0.3, -0.25) is 19.0 Å². The smallest absolute Gasteiger partial charge is 0.254 e. The van der Waals surface area contributed by atoms with Crippen molar-refractivity contribution in [3.8, 4) is 0 Å². The van der Waals surface area contributed by atoms with E-state index in [4.69, 9.17) is 11.6 Å². The Balaban J connectivity index is 1.72. The molecule has 0 saturated carbocycles. The maximum atomic E-state index is 12.4. The van der Waals surface area contributed by atoms with Gasteiger partial charge in [-0.15, -0.1) is 0 Å². The van der Waals surface area contributed by atoms with Crippen LogP contribution < -0.4 is 10.9 Å². The minimum atomic E-state index is -0.329.